The third-order valence-corrected chi connectivity index (χ3v) is 5.18. The zero-order valence-corrected chi connectivity index (χ0v) is 15.8. The van der Waals surface area contributed by atoms with E-state index in [-0.39, 0.29) is 12.1 Å². The van der Waals surface area contributed by atoms with E-state index in [1.54, 1.807) is 5.01 Å². The van der Waals surface area contributed by atoms with E-state index in [9.17, 15) is 4.79 Å². The van der Waals surface area contributed by atoms with E-state index in [4.69, 9.17) is 4.99 Å². The number of fused-ring (bicyclic) bond motifs is 2. The number of benzene rings is 2. The Morgan fingerprint density at radius 1 is 1.24 bits per heavy atom. The van der Waals surface area contributed by atoms with Crippen LogP contribution in [0, 0.1) is 0 Å². The van der Waals surface area contributed by atoms with Gasteiger partial charge in [0.1, 0.15) is 5.70 Å². The SMILES string of the molecule is CCSC1=NN2C(=c3ccccc3=N[C@@H]2c2cccc(Br)c2)C(=O)N1. The van der Waals surface area contributed by atoms with E-state index in [0.717, 1.165) is 26.4 Å². The van der Waals surface area contributed by atoms with Gasteiger partial charge in [0.25, 0.3) is 5.91 Å². The fourth-order valence-corrected chi connectivity index (χ4v) is 3.91. The van der Waals surface area contributed by atoms with E-state index in [2.05, 4.69) is 26.3 Å². The summed E-state index contributed by atoms with van der Waals surface area (Å²) in [6.07, 6.45) is -0.374. The monoisotopic (exact) mass is 414 g/mol. The highest BCUT2D eigenvalue weighted by Gasteiger charge is 2.34. The Bertz CT molecular complexity index is 1000. The van der Waals surface area contributed by atoms with Crippen LogP contribution in [0.3, 0.4) is 0 Å². The van der Waals surface area contributed by atoms with Crippen LogP contribution in [0.25, 0.3) is 5.70 Å². The molecule has 4 rings (SSSR count). The second-order valence-electron chi connectivity index (χ2n) is 5.56. The first-order chi connectivity index (χ1) is 12.2. The van der Waals surface area contributed by atoms with E-state index >= 15 is 0 Å². The first-order valence-corrected chi connectivity index (χ1v) is 9.70. The molecule has 2 heterocycles. The summed E-state index contributed by atoms with van der Waals surface area (Å²) in [4.78, 5) is 17.6. The Kier molecular flexibility index (Phi) is 4.35. The van der Waals surface area contributed by atoms with Crippen LogP contribution in [0.15, 0.2) is 63.1 Å². The topological polar surface area (TPSA) is 57.1 Å². The zero-order valence-electron chi connectivity index (χ0n) is 13.4. The quantitative estimate of drug-likeness (QED) is 0.820. The van der Waals surface area contributed by atoms with Gasteiger partial charge < -0.3 is 0 Å². The summed E-state index contributed by atoms with van der Waals surface area (Å²) < 4.78 is 0.967. The van der Waals surface area contributed by atoms with Crippen molar-refractivity contribution in [1.29, 1.82) is 0 Å². The maximum absolute atomic E-state index is 12.8. The average molecular weight is 415 g/mol. The predicted octanol–water partition coefficient (Wildman–Crippen LogP) is 2.35. The third kappa shape index (κ3) is 2.98. The van der Waals surface area contributed by atoms with Gasteiger partial charge in [0.15, 0.2) is 11.3 Å². The summed E-state index contributed by atoms with van der Waals surface area (Å²) in [5.41, 5.74) is 1.51. The van der Waals surface area contributed by atoms with Crippen molar-refractivity contribution >= 4 is 44.5 Å². The number of hydrogen-bond acceptors (Lipinski definition) is 5. The minimum atomic E-state index is -0.374. The fraction of sp³-hybridized carbons (Fsp3) is 0.167. The van der Waals surface area contributed by atoms with Crippen LogP contribution in [0.1, 0.15) is 18.7 Å². The number of para-hydroxylation sites is 1. The maximum Gasteiger partial charge on any atom is 0.276 e. The average Bonchev–Trinajstić information content (AvgIpc) is 2.61. The summed E-state index contributed by atoms with van der Waals surface area (Å²) in [6, 6.07) is 15.6. The van der Waals surface area contributed by atoms with Crippen molar-refractivity contribution in [3.8, 4) is 0 Å². The van der Waals surface area contributed by atoms with Gasteiger partial charge in [-0.25, -0.2) is 5.01 Å². The van der Waals surface area contributed by atoms with Crippen molar-refractivity contribution in [2.24, 2.45) is 10.1 Å². The summed E-state index contributed by atoms with van der Waals surface area (Å²) in [7, 11) is 0. The maximum atomic E-state index is 12.8. The minimum absolute atomic E-state index is 0.145. The van der Waals surface area contributed by atoms with Crippen molar-refractivity contribution in [3.63, 3.8) is 0 Å². The highest BCUT2D eigenvalue weighted by atomic mass is 79.9. The van der Waals surface area contributed by atoms with E-state index in [1.807, 2.05) is 55.5 Å². The molecular formula is C18H15BrN4OS. The van der Waals surface area contributed by atoms with Crippen LogP contribution in [-0.4, -0.2) is 21.8 Å². The molecule has 25 heavy (non-hydrogen) atoms. The number of nitrogens with zero attached hydrogens (tertiary/aromatic N) is 3. The lowest BCUT2D eigenvalue weighted by molar-refractivity contribution is -0.116. The number of halogens is 1. The molecule has 1 N–H and O–H groups in total. The molecule has 0 unspecified atom stereocenters. The normalized spacial score (nSPS) is 18.7. The molecule has 0 saturated heterocycles. The van der Waals surface area contributed by atoms with Crippen molar-refractivity contribution in [3.05, 3.63) is 69.1 Å². The Balaban J connectivity index is 1.96. The van der Waals surface area contributed by atoms with Crippen molar-refractivity contribution in [2.75, 3.05) is 5.75 Å². The minimum Gasteiger partial charge on any atom is -0.298 e. The van der Waals surface area contributed by atoms with Gasteiger partial charge in [-0.05, 0) is 29.5 Å². The molecule has 7 heteroatoms. The smallest absolute Gasteiger partial charge is 0.276 e. The van der Waals surface area contributed by atoms with Crippen molar-refractivity contribution in [2.45, 2.75) is 13.1 Å². The second kappa shape index (κ2) is 6.65. The number of rotatable bonds is 2. The van der Waals surface area contributed by atoms with Crippen molar-refractivity contribution in [1.82, 2.24) is 10.3 Å². The van der Waals surface area contributed by atoms with Gasteiger partial charge in [0.2, 0.25) is 0 Å². The molecule has 5 nitrogen and oxygen atoms in total. The fourth-order valence-electron chi connectivity index (χ4n) is 2.91. The number of carbonyl (C=O) groups excluding carboxylic acids is 1. The molecule has 1 amide bonds. The van der Waals surface area contributed by atoms with Crippen LogP contribution < -0.4 is 15.9 Å². The molecule has 2 aromatic rings. The van der Waals surface area contributed by atoms with E-state index in [0.29, 0.717) is 10.9 Å². The Hall–Kier alpha value is -2.12. The molecule has 126 valence electrons. The van der Waals surface area contributed by atoms with Gasteiger partial charge in [-0.1, -0.05) is 64.9 Å². The van der Waals surface area contributed by atoms with Crippen LogP contribution in [0.5, 0.6) is 0 Å². The molecular weight excluding hydrogens is 400 g/mol. The first-order valence-electron chi connectivity index (χ1n) is 7.92. The molecule has 2 aromatic carbocycles. The summed E-state index contributed by atoms with van der Waals surface area (Å²) in [5.74, 6) is 0.686. The lowest BCUT2D eigenvalue weighted by Gasteiger charge is -2.34. The number of amidine groups is 1. The van der Waals surface area contributed by atoms with Crippen LogP contribution >= 0.6 is 27.7 Å². The van der Waals surface area contributed by atoms with Crippen LogP contribution in [0.4, 0.5) is 0 Å². The van der Waals surface area contributed by atoms with Gasteiger partial charge in [0.05, 0.1) is 5.36 Å². The van der Waals surface area contributed by atoms with Crippen LogP contribution in [-0.2, 0) is 4.79 Å². The lowest BCUT2D eigenvalue weighted by Crippen LogP contribution is -2.50. The molecule has 0 fully saturated rings. The Morgan fingerprint density at radius 2 is 2.08 bits per heavy atom. The first kappa shape index (κ1) is 16.4. The van der Waals surface area contributed by atoms with Crippen LogP contribution in [0.2, 0.25) is 0 Å². The summed E-state index contributed by atoms with van der Waals surface area (Å²) in [5, 5.41) is 11.5. The van der Waals surface area contributed by atoms with E-state index < -0.39 is 0 Å². The number of nitrogens with one attached hydrogen (secondary N) is 1. The third-order valence-electron chi connectivity index (χ3n) is 3.94. The van der Waals surface area contributed by atoms with Gasteiger partial charge in [-0.15, -0.1) is 5.10 Å². The largest absolute Gasteiger partial charge is 0.298 e. The zero-order chi connectivity index (χ0) is 17.4. The number of hydrogen-bond donors (Lipinski definition) is 1. The van der Waals surface area contributed by atoms with Crippen molar-refractivity contribution < 1.29 is 4.79 Å². The molecule has 0 saturated carbocycles. The van der Waals surface area contributed by atoms with Gasteiger partial charge in [-0.2, -0.15) is 0 Å². The molecule has 2 aliphatic rings. The molecule has 0 aliphatic carbocycles. The summed E-state index contributed by atoms with van der Waals surface area (Å²) >= 11 is 5.02. The predicted molar refractivity (Wildman–Crippen MR) is 103 cm³/mol. The van der Waals surface area contributed by atoms with E-state index in [1.165, 1.54) is 11.8 Å². The second-order valence-corrected chi connectivity index (χ2v) is 7.73. The Morgan fingerprint density at radius 3 is 2.88 bits per heavy atom. The lowest BCUT2D eigenvalue weighted by atomic mass is 10.1. The van der Waals surface area contributed by atoms with Gasteiger partial charge in [-0.3, -0.25) is 15.1 Å². The number of hydrazone groups is 1. The molecule has 1 atom stereocenters. The number of amides is 1. The van der Waals surface area contributed by atoms with Gasteiger partial charge in [0, 0.05) is 9.69 Å². The van der Waals surface area contributed by atoms with Gasteiger partial charge >= 0.3 is 0 Å². The highest BCUT2D eigenvalue weighted by Crippen LogP contribution is 2.31. The number of thioether (sulfide) groups is 1. The Labute approximate surface area is 157 Å². The molecule has 0 bridgehead atoms. The molecule has 0 spiro atoms. The molecule has 2 aliphatic heterocycles. The summed E-state index contributed by atoms with van der Waals surface area (Å²) in [6.45, 7) is 2.03. The molecule has 0 aromatic heterocycles. The highest BCUT2D eigenvalue weighted by molar-refractivity contribution is 9.10. The standard InChI is InChI=1S/C18H15BrN4OS/c1-2-25-18-21-17(24)15-13-8-3-4-9-14(13)20-16(23(15)22-18)11-6-5-7-12(19)10-11/h3-10,16H,2H2,1H3,(H,21,22,24)/t16-/m0/s1. The molecule has 0 radical (unpaired) electrons. The number of carbonyl (C=O) groups is 1.